The summed E-state index contributed by atoms with van der Waals surface area (Å²) in [5, 5.41) is 3.44. The zero-order valence-electron chi connectivity index (χ0n) is 9.96. The van der Waals surface area contributed by atoms with Crippen molar-refractivity contribution in [2.75, 3.05) is 5.75 Å². The van der Waals surface area contributed by atoms with Gasteiger partial charge >= 0.3 is 0 Å². The van der Waals surface area contributed by atoms with Crippen molar-refractivity contribution in [3.63, 3.8) is 0 Å². The number of amides is 2. The van der Waals surface area contributed by atoms with E-state index in [2.05, 4.69) is 10.3 Å². The molecule has 0 bridgehead atoms. The Balaban J connectivity index is 2.27. The van der Waals surface area contributed by atoms with E-state index < -0.39 is 11.9 Å². The first-order chi connectivity index (χ1) is 8.59. The molecule has 7 heteroatoms. The molecule has 0 radical (unpaired) electrons. The zero-order chi connectivity index (χ0) is 13.4. The van der Waals surface area contributed by atoms with Gasteiger partial charge in [-0.05, 0) is 29.3 Å². The van der Waals surface area contributed by atoms with E-state index in [1.165, 1.54) is 17.7 Å². The Morgan fingerprint density at radius 3 is 2.83 bits per heavy atom. The number of nitrogens with zero attached hydrogens (tertiary/aromatic N) is 1. The van der Waals surface area contributed by atoms with Crippen LogP contribution >= 0.6 is 21.6 Å². The Kier molecular flexibility index (Phi) is 6.59. The summed E-state index contributed by atoms with van der Waals surface area (Å²) in [6, 6.07) is 5.09. The van der Waals surface area contributed by atoms with Gasteiger partial charge < -0.3 is 11.1 Å². The summed E-state index contributed by atoms with van der Waals surface area (Å²) in [5.74, 6) is -0.0513. The molecule has 0 spiro atoms. The second-order valence-electron chi connectivity index (χ2n) is 3.52. The lowest BCUT2D eigenvalue weighted by molar-refractivity contribution is -0.126. The minimum Gasteiger partial charge on any atom is -0.368 e. The smallest absolute Gasteiger partial charge is 0.240 e. The normalized spacial score (nSPS) is 11.8. The fourth-order valence-electron chi connectivity index (χ4n) is 1.20. The molecule has 1 aromatic rings. The Labute approximate surface area is 114 Å². The lowest BCUT2D eigenvalue weighted by Gasteiger charge is -2.13. The Morgan fingerprint density at radius 1 is 1.50 bits per heavy atom. The monoisotopic (exact) mass is 285 g/mol. The highest BCUT2D eigenvalue weighted by Crippen LogP contribution is 2.29. The van der Waals surface area contributed by atoms with Gasteiger partial charge in [0.1, 0.15) is 11.1 Å². The summed E-state index contributed by atoms with van der Waals surface area (Å²) in [5.41, 5.74) is 5.20. The van der Waals surface area contributed by atoms with Crippen molar-refractivity contribution in [2.45, 2.75) is 24.4 Å². The molecule has 0 saturated heterocycles. The first kappa shape index (κ1) is 14.8. The van der Waals surface area contributed by atoms with E-state index >= 15 is 0 Å². The maximum absolute atomic E-state index is 11.1. The Bertz CT molecular complexity index is 401. The second kappa shape index (κ2) is 7.99. The molecular formula is C11H15N3O2S2. The number of nitrogens with two attached hydrogens (primary N) is 1. The Hall–Kier alpha value is -1.21. The van der Waals surface area contributed by atoms with Crippen molar-refractivity contribution in [2.24, 2.45) is 5.73 Å². The van der Waals surface area contributed by atoms with Crippen molar-refractivity contribution < 1.29 is 9.59 Å². The summed E-state index contributed by atoms with van der Waals surface area (Å²) in [4.78, 5) is 26.1. The molecule has 0 aliphatic carbocycles. The molecule has 0 fully saturated rings. The van der Waals surface area contributed by atoms with Crippen molar-refractivity contribution in [1.29, 1.82) is 0 Å². The lowest BCUT2D eigenvalue weighted by Crippen LogP contribution is -2.43. The second-order valence-corrected chi connectivity index (χ2v) is 5.95. The third-order valence-electron chi connectivity index (χ3n) is 1.99. The number of carbonyl (C=O) groups excluding carboxylic acids is 2. The lowest BCUT2D eigenvalue weighted by atomic mass is 10.2. The van der Waals surface area contributed by atoms with E-state index in [0.717, 1.165) is 5.03 Å². The number of pyridine rings is 1. The van der Waals surface area contributed by atoms with Crippen LogP contribution in [-0.4, -0.2) is 28.6 Å². The van der Waals surface area contributed by atoms with Gasteiger partial charge in [0.05, 0.1) is 0 Å². The van der Waals surface area contributed by atoms with Gasteiger partial charge in [-0.15, -0.1) is 0 Å². The van der Waals surface area contributed by atoms with Crippen LogP contribution in [0.5, 0.6) is 0 Å². The van der Waals surface area contributed by atoms with Gasteiger partial charge in [0.2, 0.25) is 11.8 Å². The molecule has 3 N–H and O–H groups in total. The van der Waals surface area contributed by atoms with Crippen LogP contribution in [0.3, 0.4) is 0 Å². The third kappa shape index (κ3) is 5.92. The predicted octanol–water partition coefficient (Wildman–Crippen LogP) is 1.20. The van der Waals surface area contributed by atoms with E-state index in [1.807, 2.05) is 18.2 Å². The number of nitrogens with one attached hydrogen (secondary N) is 1. The topological polar surface area (TPSA) is 85.1 Å². The zero-order valence-corrected chi connectivity index (χ0v) is 11.6. The molecule has 1 rings (SSSR count). The quantitative estimate of drug-likeness (QED) is 0.581. The molecule has 98 valence electrons. The van der Waals surface area contributed by atoms with E-state index in [4.69, 9.17) is 5.73 Å². The van der Waals surface area contributed by atoms with Gasteiger partial charge in [0, 0.05) is 18.9 Å². The van der Waals surface area contributed by atoms with Crippen LogP contribution in [0.25, 0.3) is 0 Å². The highest BCUT2D eigenvalue weighted by atomic mass is 33.1. The summed E-state index contributed by atoms with van der Waals surface area (Å²) in [7, 11) is 3.11. The molecule has 18 heavy (non-hydrogen) atoms. The molecule has 1 heterocycles. The molecule has 2 amide bonds. The summed E-state index contributed by atoms with van der Waals surface area (Å²) in [6.07, 6.45) is 2.24. The molecule has 1 atom stereocenters. The van der Waals surface area contributed by atoms with Gasteiger partial charge in [-0.25, -0.2) is 4.98 Å². The number of carbonyl (C=O) groups is 2. The molecule has 0 aliphatic rings. The maximum atomic E-state index is 11.1. The molecule has 0 aromatic carbocycles. The first-order valence-electron chi connectivity index (χ1n) is 5.36. The van der Waals surface area contributed by atoms with E-state index in [-0.39, 0.29) is 5.91 Å². The predicted molar refractivity (Wildman–Crippen MR) is 74.0 cm³/mol. The van der Waals surface area contributed by atoms with E-state index in [9.17, 15) is 9.59 Å². The average molecular weight is 285 g/mol. The molecule has 0 aliphatic heterocycles. The minimum absolute atomic E-state index is 0.249. The molecule has 0 saturated carbocycles. The number of aromatic nitrogens is 1. The van der Waals surface area contributed by atoms with Crippen molar-refractivity contribution in [3.05, 3.63) is 24.4 Å². The summed E-state index contributed by atoms with van der Waals surface area (Å²) < 4.78 is 0. The van der Waals surface area contributed by atoms with Crippen LogP contribution in [0.4, 0.5) is 0 Å². The Morgan fingerprint density at radius 2 is 2.28 bits per heavy atom. The van der Waals surface area contributed by atoms with Gasteiger partial charge in [-0.2, -0.15) is 0 Å². The summed E-state index contributed by atoms with van der Waals surface area (Å²) in [6.45, 7) is 1.37. The highest BCUT2D eigenvalue weighted by Gasteiger charge is 2.15. The molecular weight excluding hydrogens is 270 g/mol. The number of primary amides is 1. The van der Waals surface area contributed by atoms with Crippen LogP contribution in [0.2, 0.25) is 0 Å². The fourth-order valence-corrected chi connectivity index (χ4v) is 3.17. The first-order valence-corrected chi connectivity index (χ1v) is 7.68. The third-order valence-corrected chi connectivity index (χ3v) is 4.29. The summed E-state index contributed by atoms with van der Waals surface area (Å²) >= 11 is 0. The van der Waals surface area contributed by atoms with Crippen molar-refractivity contribution in [1.82, 2.24) is 10.3 Å². The minimum atomic E-state index is -0.598. The van der Waals surface area contributed by atoms with Crippen molar-refractivity contribution in [3.8, 4) is 0 Å². The maximum Gasteiger partial charge on any atom is 0.240 e. The molecule has 1 aromatic heterocycles. The van der Waals surface area contributed by atoms with E-state index in [0.29, 0.717) is 12.2 Å². The SMILES string of the molecule is CC(=O)N[C@@H](CCSSc1ccccn1)C(N)=O. The standard InChI is InChI=1S/C11H15N3O2S2/c1-8(15)14-9(11(12)16)5-7-17-18-10-4-2-3-6-13-10/h2-4,6,9H,5,7H2,1H3,(H2,12,16)(H,14,15)/t9-/m0/s1. The van der Waals surface area contributed by atoms with E-state index in [1.54, 1.807) is 17.0 Å². The highest BCUT2D eigenvalue weighted by molar-refractivity contribution is 8.76. The number of hydrogen-bond donors (Lipinski definition) is 2. The van der Waals surface area contributed by atoms with Gasteiger partial charge in [0.15, 0.2) is 0 Å². The van der Waals surface area contributed by atoms with Crippen LogP contribution in [-0.2, 0) is 9.59 Å². The fraction of sp³-hybridized carbons (Fsp3) is 0.364. The molecule has 5 nitrogen and oxygen atoms in total. The molecule has 0 unspecified atom stereocenters. The van der Waals surface area contributed by atoms with Crippen molar-refractivity contribution >= 4 is 33.4 Å². The van der Waals surface area contributed by atoms with Crippen LogP contribution in [0, 0.1) is 0 Å². The van der Waals surface area contributed by atoms with Gasteiger partial charge in [0.25, 0.3) is 0 Å². The number of rotatable bonds is 7. The van der Waals surface area contributed by atoms with Gasteiger partial charge in [-0.3, -0.25) is 9.59 Å². The van der Waals surface area contributed by atoms with Crippen LogP contribution in [0.1, 0.15) is 13.3 Å². The average Bonchev–Trinajstić information content (AvgIpc) is 2.33. The number of hydrogen-bond acceptors (Lipinski definition) is 5. The van der Waals surface area contributed by atoms with Crippen LogP contribution < -0.4 is 11.1 Å². The van der Waals surface area contributed by atoms with Crippen LogP contribution in [0.15, 0.2) is 29.4 Å². The largest absolute Gasteiger partial charge is 0.368 e. The van der Waals surface area contributed by atoms with Gasteiger partial charge in [-0.1, -0.05) is 16.9 Å².